The monoisotopic (exact) mass is 374 g/mol. The Morgan fingerprint density at radius 2 is 1.92 bits per heavy atom. The Hall–Kier alpha value is -1.17. The predicted molar refractivity (Wildman–Crippen MR) is 102 cm³/mol. The van der Waals surface area contributed by atoms with Gasteiger partial charge in [0.15, 0.2) is 4.77 Å². The third-order valence-corrected chi connectivity index (χ3v) is 7.72. The van der Waals surface area contributed by atoms with Gasteiger partial charge in [0.1, 0.15) is 5.82 Å². The lowest BCUT2D eigenvalue weighted by molar-refractivity contribution is -0.170. The van der Waals surface area contributed by atoms with E-state index in [1.807, 2.05) is 0 Å². The standard InChI is InChI=1S/C20H30N4OS/c1-18-7-13-8-19(2,10-18)12-20(9-13,11-18)16(25)21-6-5-15-22-23-17(26)24(15)14-3-4-14/h13-14H,3-12H2,1-2H3,(H,21,25)(H,23,26)/t13?,18-,19+,20?. The van der Waals surface area contributed by atoms with Gasteiger partial charge in [-0.25, -0.2) is 0 Å². The zero-order valence-electron chi connectivity index (χ0n) is 15.9. The molecule has 5 aliphatic rings. The molecule has 1 heterocycles. The molecule has 0 aliphatic heterocycles. The van der Waals surface area contributed by atoms with Crippen molar-refractivity contribution in [3.8, 4) is 0 Å². The number of nitrogens with one attached hydrogen (secondary N) is 2. The summed E-state index contributed by atoms with van der Waals surface area (Å²) in [5.41, 5.74) is 0.629. The van der Waals surface area contributed by atoms with Crippen molar-refractivity contribution in [3.05, 3.63) is 10.6 Å². The molecule has 0 saturated heterocycles. The quantitative estimate of drug-likeness (QED) is 0.768. The molecule has 0 radical (unpaired) electrons. The van der Waals surface area contributed by atoms with E-state index in [0.29, 0.717) is 29.3 Å². The maximum atomic E-state index is 13.2. The molecule has 142 valence electrons. The van der Waals surface area contributed by atoms with Crippen LogP contribution >= 0.6 is 12.2 Å². The van der Waals surface area contributed by atoms with Crippen LogP contribution in [-0.4, -0.2) is 27.2 Å². The summed E-state index contributed by atoms with van der Waals surface area (Å²) in [5, 5.41) is 10.6. The number of carbonyl (C=O) groups excluding carboxylic acids is 1. The molecule has 5 saturated carbocycles. The minimum atomic E-state index is -0.121. The molecule has 1 aromatic rings. The summed E-state index contributed by atoms with van der Waals surface area (Å²) in [6.07, 6.45) is 10.4. The Balaban J connectivity index is 1.27. The Morgan fingerprint density at radius 1 is 1.23 bits per heavy atom. The number of aromatic nitrogens is 3. The van der Waals surface area contributed by atoms with E-state index in [1.54, 1.807) is 0 Å². The second-order valence-electron chi connectivity index (χ2n) is 10.5. The average Bonchev–Trinajstić information content (AvgIpc) is 3.27. The number of H-pyrrole nitrogens is 1. The molecule has 5 nitrogen and oxygen atoms in total. The van der Waals surface area contributed by atoms with Crippen LogP contribution in [0.25, 0.3) is 0 Å². The predicted octanol–water partition coefficient (Wildman–Crippen LogP) is 3.93. The first-order chi connectivity index (χ1) is 12.3. The largest absolute Gasteiger partial charge is 0.355 e. The fraction of sp³-hybridized carbons (Fsp3) is 0.850. The zero-order valence-corrected chi connectivity index (χ0v) is 16.8. The van der Waals surface area contributed by atoms with Crippen LogP contribution in [-0.2, 0) is 11.2 Å². The summed E-state index contributed by atoms with van der Waals surface area (Å²) in [6, 6.07) is 0.523. The van der Waals surface area contributed by atoms with Gasteiger partial charge in [0, 0.05) is 19.0 Å². The van der Waals surface area contributed by atoms with Crippen molar-refractivity contribution in [2.24, 2.45) is 22.2 Å². The van der Waals surface area contributed by atoms with E-state index >= 15 is 0 Å². The van der Waals surface area contributed by atoms with E-state index in [4.69, 9.17) is 12.2 Å². The minimum Gasteiger partial charge on any atom is -0.355 e. The highest BCUT2D eigenvalue weighted by atomic mass is 32.1. The second-order valence-corrected chi connectivity index (χ2v) is 10.8. The van der Waals surface area contributed by atoms with Gasteiger partial charge >= 0.3 is 0 Å². The maximum Gasteiger partial charge on any atom is 0.226 e. The first kappa shape index (κ1) is 17.0. The number of rotatable bonds is 5. The van der Waals surface area contributed by atoms with Crippen molar-refractivity contribution in [2.75, 3.05) is 6.54 Å². The Kier molecular flexibility index (Phi) is 3.54. The molecule has 6 rings (SSSR count). The van der Waals surface area contributed by atoms with E-state index in [1.165, 1.54) is 32.1 Å². The summed E-state index contributed by atoms with van der Waals surface area (Å²) < 4.78 is 2.87. The first-order valence-electron chi connectivity index (χ1n) is 10.2. The number of hydrogen-bond acceptors (Lipinski definition) is 3. The summed E-state index contributed by atoms with van der Waals surface area (Å²) in [6.45, 7) is 5.50. The van der Waals surface area contributed by atoms with Gasteiger partial charge in [0.25, 0.3) is 0 Å². The molecule has 4 bridgehead atoms. The Labute approximate surface area is 160 Å². The van der Waals surface area contributed by atoms with Gasteiger partial charge < -0.3 is 9.88 Å². The lowest BCUT2D eigenvalue weighted by Crippen LogP contribution is -2.60. The lowest BCUT2D eigenvalue weighted by atomic mass is 9.40. The van der Waals surface area contributed by atoms with E-state index in [2.05, 4.69) is 33.9 Å². The molecule has 1 amide bonds. The van der Waals surface area contributed by atoms with Gasteiger partial charge in [0.2, 0.25) is 5.91 Å². The molecule has 6 heteroatoms. The second kappa shape index (κ2) is 5.43. The van der Waals surface area contributed by atoms with Gasteiger partial charge in [-0.3, -0.25) is 9.89 Å². The van der Waals surface area contributed by atoms with Gasteiger partial charge in [-0.1, -0.05) is 13.8 Å². The third-order valence-electron chi connectivity index (χ3n) is 7.43. The van der Waals surface area contributed by atoms with Crippen LogP contribution in [0.4, 0.5) is 0 Å². The number of nitrogens with zero attached hydrogens (tertiary/aromatic N) is 2. The van der Waals surface area contributed by atoms with Crippen LogP contribution in [0.2, 0.25) is 0 Å². The minimum absolute atomic E-state index is 0.121. The number of carbonyl (C=O) groups is 1. The summed E-state index contributed by atoms with van der Waals surface area (Å²) in [7, 11) is 0. The summed E-state index contributed by atoms with van der Waals surface area (Å²) in [5.74, 6) is 2.03. The lowest BCUT2D eigenvalue weighted by Gasteiger charge is -2.64. The van der Waals surface area contributed by atoms with Crippen molar-refractivity contribution < 1.29 is 4.79 Å². The SMILES string of the molecule is C[C@]12CC3CC(C(=O)NCCc4n[nH]c(=S)n4C4CC4)(C1)C[C@@](C)(C3)C2. The first-order valence-corrected chi connectivity index (χ1v) is 10.6. The fourth-order valence-electron chi connectivity index (χ4n) is 7.40. The highest BCUT2D eigenvalue weighted by molar-refractivity contribution is 7.71. The molecule has 5 aliphatic carbocycles. The van der Waals surface area contributed by atoms with Gasteiger partial charge in [0.05, 0.1) is 5.41 Å². The Morgan fingerprint density at radius 3 is 2.54 bits per heavy atom. The molecule has 0 spiro atoms. The van der Waals surface area contributed by atoms with Crippen LogP contribution in [0.3, 0.4) is 0 Å². The molecule has 2 unspecified atom stereocenters. The van der Waals surface area contributed by atoms with Crippen LogP contribution in [0, 0.1) is 26.9 Å². The van der Waals surface area contributed by atoms with E-state index in [-0.39, 0.29) is 5.41 Å². The van der Waals surface area contributed by atoms with Crippen LogP contribution in [0.5, 0.6) is 0 Å². The summed E-state index contributed by atoms with van der Waals surface area (Å²) >= 11 is 5.35. The molecular formula is C20H30N4OS. The number of aromatic amines is 1. The smallest absolute Gasteiger partial charge is 0.226 e. The molecule has 2 N–H and O–H groups in total. The average molecular weight is 375 g/mol. The van der Waals surface area contributed by atoms with Crippen LogP contribution < -0.4 is 5.32 Å². The van der Waals surface area contributed by atoms with Crippen molar-refractivity contribution in [1.82, 2.24) is 20.1 Å². The maximum absolute atomic E-state index is 13.2. The van der Waals surface area contributed by atoms with E-state index in [0.717, 1.165) is 42.2 Å². The summed E-state index contributed by atoms with van der Waals surface area (Å²) in [4.78, 5) is 13.2. The molecule has 4 atom stereocenters. The molecule has 1 aromatic heterocycles. The highest BCUT2D eigenvalue weighted by Crippen LogP contribution is 2.69. The van der Waals surface area contributed by atoms with Gasteiger partial charge in [-0.05, 0) is 80.3 Å². The highest BCUT2D eigenvalue weighted by Gasteiger charge is 2.62. The van der Waals surface area contributed by atoms with Crippen molar-refractivity contribution in [3.63, 3.8) is 0 Å². The van der Waals surface area contributed by atoms with Crippen LogP contribution in [0.1, 0.15) is 77.1 Å². The zero-order chi connectivity index (χ0) is 18.2. The van der Waals surface area contributed by atoms with Gasteiger partial charge in [-0.2, -0.15) is 5.10 Å². The Bertz CT molecular complexity index is 789. The van der Waals surface area contributed by atoms with E-state index < -0.39 is 0 Å². The normalized spacial score (nSPS) is 40.8. The van der Waals surface area contributed by atoms with Crippen molar-refractivity contribution >= 4 is 18.1 Å². The molecular weight excluding hydrogens is 344 g/mol. The van der Waals surface area contributed by atoms with Crippen molar-refractivity contribution in [2.45, 2.75) is 77.7 Å². The molecule has 26 heavy (non-hydrogen) atoms. The van der Waals surface area contributed by atoms with E-state index in [9.17, 15) is 4.79 Å². The topological polar surface area (TPSA) is 62.7 Å². The van der Waals surface area contributed by atoms with Crippen molar-refractivity contribution in [1.29, 1.82) is 0 Å². The van der Waals surface area contributed by atoms with Gasteiger partial charge in [-0.15, -0.1) is 0 Å². The number of hydrogen-bond donors (Lipinski definition) is 2. The molecule has 0 aromatic carbocycles. The molecule has 5 fully saturated rings. The van der Waals surface area contributed by atoms with Crippen LogP contribution in [0.15, 0.2) is 0 Å². The fourth-order valence-corrected chi connectivity index (χ4v) is 7.70. The number of amides is 1. The third kappa shape index (κ3) is 2.67.